The Morgan fingerprint density at radius 1 is 1.38 bits per heavy atom. The van der Waals surface area contributed by atoms with Gasteiger partial charge in [0.1, 0.15) is 0 Å². The monoisotopic (exact) mass is 289 g/mol. The summed E-state index contributed by atoms with van der Waals surface area (Å²) in [6, 6.07) is 5.80. The number of hydrogen-bond donors (Lipinski definition) is 2. The number of nitrogens with one attached hydrogen (secondary N) is 2. The molecule has 1 aliphatic rings. The fourth-order valence-corrected chi connectivity index (χ4v) is 2.47. The summed E-state index contributed by atoms with van der Waals surface area (Å²) in [5.74, 6) is -0.229. The van der Waals surface area contributed by atoms with Crippen LogP contribution in [0, 0.1) is 0 Å². The Morgan fingerprint density at radius 2 is 2.14 bits per heavy atom. The van der Waals surface area contributed by atoms with Gasteiger partial charge in [-0.3, -0.25) is 9.59 Å². The molecule has 2 N–H and O–H groups in total. The van der Waals surface area contributed by atoms with E-state index >= 15 is 0 Å². The summed E-state index contributed by atoms with van der Waals surface area (Å²) >= 11 is 0. The number of hydrogen-bond acceptors (Lipinski definition) is 3. The van der Waals surface area contributed by atoms with Crippen LogP contribution in [0.25, 0.3) is 0 Å². The molecule has 0 bridgehead atoms. The molecule has 21 heavy (non-hydrogen) atoms. The summed E-state index contributed by atoms with van der Waals surface area (Å²) < 4.78 is 0. The van der Waals surface area contributed by atoms with Crippen LogP contribution < -0.4 is 10.6 Å². The van der Waals surface area contributed by atoms with Crippen molar-refractivity contribution in [2.75, 3.05) is 25.0 Å². The van der Waals surface area contributed by atoms with Crippen LogP contribution in [0.3, 0.4) is 0 Å². The molecule has 0 atom stereocenters. The maximum Gasteiger partial charge on any atom is 0.254 e. The van der Waals surface area contributed by atoms with Crippen LogP contribution in [0.5, 0.6) is 0 Å². The lowest BCUT2D eigenvalue weighted by Gasteiger charge is -2.21. The Balaban J connectivity index is 2.07. The average Bonchev–Trinajstić information content (AvgIpc) is 2.90. The number of carbonyl (C=O) groups is 2. The van der Waals surface area contributed by atoms with Gasteiger partial charge >= 0.3 is 0 Å². The van der Waals surface area contributed by atoms with Crippen molar-refractivity contribution in [2.24, 2.45) is 0 Å². The zero-order valence-corrected chi connectivity index (χ0v) is 12.9. The number of anilines is 1. The molecule has 1 aromatic rings. The highest BCUT2D eigenvalue weighted by atomic mass is 16.2. The van der Waals surface area contributed by atoms with Crippen LogP contribution in [0.4, 0.5) is 5.69 Å². The maximum atomic E-state index is 12.5. The van der Waals surface area contributed by atoms with Crippen molar-refractivity contribution in [3.05, 3.63) is 29.3 Å². The third-order valence-corrected chi connectivity index (χ3v) is 3.52. The molecule has 2 rings (SSSR count). The number of fused-ring (bicyclic) bond motifs is 1. The summed E-state index contributed by atoms with van der Waals surface area (Å²) in [6.45, 7) is 7.21. The molecule has 1 aromatic carbocycles. The van der Waals surface area contributed by atoms with E-state index in [4.69, 9.17) is 0 Å². The summed E-state index contributed by atoms with van der Waals surface area (Å²) in [5, 5.41) is 6.08. The van der Waals surface area contributed by atoms with Crippen molar-refractivity contribution >= 4 is 17.5 Å². The number of benzene rings is 1. The number of amides is 2. The summed E-state index contributed by atoms with van der Waals surface area (Å²) in [7, 11) is 0. The number of rotatable bonds is 5. The molecule has 0 aliphatic carbocycles. The van der Waals surface area contributed by atoms with Crippen LogP contribution in [0.2, 0.25) is 0 Å². The first-order chi connectivity index (χ1) is 10.0. The van der Waals surface area contributed by atoms with Gasteiger partial charge in [-0.15, -0.1) is 0 Å². The quantitative estimate of drug-likeness (QED) is 0.866. The van der Waals surface area contributed by atoms with E-state index in [0.717, 1.165) is 18.7 Å². The molecule has 0 radical (unpaired) electrons. The smallest absolute Gasteiger partial charge is 0.254 e. The van der Waals surface area contributed by atoms with E-state index in [0.29, 0.717) is 12.1 Å². The van der Waals surface area contributed by atoms with Gasteiger partial charge in [-0.05, 0) is 44.9 Å². The molecule has 0 spiro atoms. The lowest BCUT2D eigenvalue weighted by Crippen LogP contribution is -2.42. The van der Waals surface area contributed by atoms with E-state index < -0.39 is 0 Å². The topological polar surface area (TPSA) is 61.4 Å². The van der Waals surface area contributed by atoms with Gasteiger partial charge in [0.2, 0.25) is 5.91 Å². The molecule has 1 heterocycles. The Bertz CT molecular complexity index is 540. The van der Waals surface area contributed by atoms with Crippen molar-refractivity contribution in [3.63, 3.8) is 0 Å². The molecule has 2 amide bonds. The Hall–Kier alpha value is -2.04. The number of nitrogens with zero attached hydrogens (tertiary/aromatic N) is 1. The second-order valence-corrected chi connectivity index (χ2v) is 5.59. The minimum atomic E-state index is -0.125. The van der Waals surface area contributed by atoms with E-state index in [1.165, 1.54) is 5.56 Å². The zero-order chi connectivity index (χ0) is 15.4. The minimum absolute atomic E-state index is 0.0792. The first-order valence-corrected chi connectivity index (χ1v) is 7.46. The maximum absolute atomic E-state index is 12.5. The Morgan fingerprint density at radius 3 is 2.81 bits per heavy atom. The first-order valence-electron chi connectivity index (χ1n) is 7.46. The largest absolute Gasteiger partial charge is 0.384 e. The van der Waals surface area contributed by atoms with Gasteiger partial charge in [-0.1, -0.05) is 6.07 Å². The molecule has 0 saturated carbocycles. The van der Waals surface area contributed by atoms with Crippen molar-refractivity contribution < 1.29 is 9.59 Å². The van der Waals surface area contributed by atoms with Crippen LogP contribution in [-0.2, 0) is 11.2 Å². The molecule has 0 aromatic heterocycles. The molecular weight excluding hydrogens is 266 g/mol. The van der Waals surface area contributed by atoms with E-state index in [-0.39, 0.29) is 24.4 Å². The second-order valence-electron chi connectivity index (χ2n) is 5.59. The molecule has 0 unspecified atom stereocenters. The van der Waals surface area contributed by atoms with Gasteiger partial charge in [0.15, 0.2) is 0 Å². The summed E-state index contributed by atoms with van der Waals surface area (Å²) in [6.07, 6.45) is 0.998. The normalized spacial score (nSPS) is 12.8. The predicted octanol–water partition coefficient (Wildman–Crippen LogP) is 1.64. The molecule has 0 saturated heterocycles. The van der Waals surface area contributed by atoms with Crippen molar-refractivity contribution in [1.82, 2.24) is 10.2 Å². The average molecular weight is 289 g/mol. The minimum Gasteiger partial charge on any atom is -0.384 e. The number of likely N-dealkylation sites (N-methyl/N-ethyl adjacent to an activating group) is 1. The van der Waals surface area contributed by atoms with Crippen molar-refractivity contribution in [3.8, 4) is 0 Å². The second kappa shape index (κ2) is 6.61. The van der Waals surface area contributed by atoms with E-state index in [1.807, 2.05) is 39.0 Å². The van der Waals surface area contributed by atoms with Crippen LogP contribution >= 0.6 is 0 Å². The van der Waals surface area contributed by atoms with Gasteiger partial charge < -0.3 is 15.5 Å². The van der Waals surface area contributed by atoms with Crippen LogP contribution in [-0.4, -0.2) is 42.4 Å². The highest BCUT2D eigenvalue weighted by molar-refractivity contribution is 5.97. The molecule has 5 heteroatoms. The lowest BCUT2D eigenvalue weighted by molar-refractivity contribution is -0.122. The SMILES string of the molecule is CCN(CC(=O)NC(C)C)C(=O)c1ccc2c(c1)NCC2. The van der Waals surface area contributed by atoms with Crippen LogP contribution in [0.1, 0.15) is 36.7 Å². The van der Waals surface area contributed by atoms with Crippen molar-refractivity contribution in [2.45, 2.75) is 33.2 Å². The fraction of sp³-hybridized carbons (Fsp3) is 0.500. The van der Waals surface area contributed by atoms with Gasteiger partial charge in [-0.2, -0.15) is 0 Å². The van der Waals surface area contributed by atoms with Gasteiger partial charge in [-0.25, -0.2) is 0 Å². The summed E-state index contributed by atoms with van der Waals surface area (Å²) in [5.41, 5.74) is 2.90. The fourth-order valence-electron chi connectivity index (χ4n) is 2.47. The van der Waals surface area contributed by atoms with Gasteiger partial charge in [0.05, 0.1) is 6.54 Å². The van der Waals surface area contributed by atoms with Crippen LogP contribution in [0.15, 0.2) is 18.2 Å². The molecule has 5 nitrogen and oxygen atoms in total. The predicted molar refractivity (Wildman–Crippen MR) is 83.5 cm³/mol. The van der Waals surface area contributed by atoms with Gasteiger partial charge in [0, 0.05) is 30.4 Å². The first kappa shape index (κ1) is 15.4. The standard InChI is InChI=1S/C16H23N3O2/c1-4-19(10-15(20)18-11(2)3)16(21)13-6-5-12-7-8-17-14(12)9-13/h5-6,9,11,17H,4,7-8,10H2,1-3H3,(H,18,20). The zero-order valence-electron chi connectivity index (χ0n) is 12.9. The molecule has 1 aliphatic heterocycles. The Labute approximate surface area is 125 Å². The van der Waals surface area contributed by atoms with E-state index in [2.05, 4.69) is 10.6 Å². The third-order valence-electron chi connectivity index (χ3n) is 3.52. The number of carbonyl (C=O) groups excluding carboxylic acids is 2. The third kappa shape index (κ3) is 3.74. The Kier molecular flexibility index (Phi) is 4.83. The highest BCUT2D eigenvalue weighted by Crippen LogP contribution is 2.23. The van der Waals surface area contributed by atoms with E-state index in [1.54, 1.807) is 4.90 Å². The summed E-state index contributed by atoms with van der Waals surface area (Å²) in [4.78, 5) is 25.9. The highest BCUT2D eigenvalue weighted by Gasteiger charge is 2.19. The molecule has 0 fully saturated rings. The van der Waals surface area contributed by atoms with Crippen molar-refractivity contribution in [1.29, 1.82) is 0 Å². The lowest BCUT2D eigenvalue weighted by atomic mass is 10.1. The van der Waals surface area contributed by atoms with Gasteiger partial charge in [0.25, 0.3) is 5.91 Å². The van der Waals surface area contributed by atoms with E-state index in [9.17, 15) is 9.59 Å². The molecule has 114 valence electrons. The molecular formula is C16H23N3O2.